The van der Waals surface area contributed by atoms with Crippen molar-refractivity contribution >= 4 is 44.9 Å². The van der Waals surface area contributed by atoms with Gasteiger partial charge in [0.25, 0.3) is 0 Å². The standard InChI is InChI=1S/C21H27N5OS2/c1-3-14-6-4-5-9-25(14)17(27)11-28-21-24-23-19-18-15-8-7-13(2)10-16(15)29-20(18)22-12-26(19)21/h12-14H,3-11H2,1-2H3. The van der Waals surface area contributed by atoms with Crippen LogP contribution >= 0.6 is 23.1 Å². The normalized spacial score (nSPS) is 22.3. The van der Waals surface area contributed by atoms with Crippen LogP contribution in [0.15, 0.2) is 11.5 Å². The molecule has 1 saturated heterocycles. The molecule has 0 saturated carbocycles. The first-order valence-electron chi connectivity index (χ1n) is 10.7. The Balaban J connectivity index is 1.40. The van der Waals surface area contributed by atoms with Crippen LogP contribution in [0, 0.1) is 5.92 Å². The molecule has 1 amide bonds. The summed E-state index contributed by atoms with van der Waals surface area (Å²) in [6.07, 6.45) is 9.79. The fourth-order valence-corrected chi connectivity index (χ4v) is 6.92. The van der Waals surface area contributed by atoms with Crippen molar-refractivity contribution in [1.29, 1.82) is 0 Å². The molecular weight excluding hydrogens is 402 g/mol. The van der Waals surface area contributed by atoms with Crippen molar-refractivity contribution in [2.24, 2.45) is 5.92 Å². The number of amides is 1. The lowest BCUT2D eigenvalue weighted by molar-refractivity contribution is -0.132. The SMILES string of the molecule is CCC1CCCCN1C(=O)CSc1nnc2c3c4c(sc3ncn12)CC(C)CC4. The third-order valence-electron chi connectivity index (χ3n) is 6.42. The number of rotatable bonds is 4. The van der Waals surface area contributed by atoms with Gasteiger partial charge in [0.2, 0.25) is 5.91 Å². The number of aromatic nitrogens is 4. The molecule has 0 bridgehead atoms. The van der Waals surface area contributed by atoms with E-state index in [4.69, 9.17) is 4.98 Å². The van der Waals surface area contributed by atoms with Crippen molar-refractivity contribution in [3.05, 3.63) is 16.8 Å². The Hall–Kier alpha value is -1.67. The van der Waals surface area contributed by atoms with Crippen LogP contribution in [0.3, 0.4) is 0 Å². The molecule has 0 N–H and O–H groups in total. The van der Waals surface area contributed by atoms with Crippen molar-refractivity contribution < 1.29 is 4.79 Å². The van der Waals surface area contributed by atoms with E-state index in [1.165, 1.54) is 40.4 Å². The third-order valence-corrected chi connectivity index (χ3v) is 8.51. The molecule has 1 aliphatic heterocycles. The summed E-state index contributed by atoms with van der Waals surface area (Å²) in [5, 5.41) is 10.9. The maximum absolute atomic E-state index is 12.8. The second kappa shape index (κ2) is 7.87. The predicted molar refractivity (Wildman–Crippen MR) is 118 cm³/mol. The first-order chi connectivity index (χ1) is 14.2. The molecule has 2 aliphatic rings. The van der Waals surface area contributed by atoms with Crippen molar-refractivity contribution in [3.63, 3.8) is 0 Å². The molecule has 4 heterocycles. The van der Waals surface area contributed by atoms with E-state index in [0.717, 1.165) is 60.2 Å². The molecule has 154 valence electrons. The van der Waals surface area contributed by atoms with E-state index >= 15 is 0 Å². The van der Waals surface area contributed by atoms with Crippen molar-refractivity contribution in [1.82, 2.24) is 24.5 Å². The van der Waals surface area contributed by atoms with Crippen LogP contribution in [0.25, 0.3) is 15.9 Å². The lowest BCUT2D eigenvalue weighted by Crippen LogP contribution is -2.44. The Kier molecular flexibility index (Phi) is 5.24. The first-order valence-corrected chi connectivity index (χ1v) is 12.5. The highest BCUT2D eigenvalue weighted by atomic mass is 32.2. The van der Waals surface area contributed by atoms with E-state index in [9.17, 15) is 4.79 Å². The number of nitrogens with zero attached hydrogens (tertiary/aromatic N) is 5. The van der Waals surface area contributed by atoms with Gasteiger partial charge in [-0.2, -0.15) is 0 Å². The number of thiophene rings is 1. The molecular formula is C21H27N5OS2. The Morgan fingerprint density at radius 2 is 2.21 bits per heavy atom. The van der Waals surface area contributed by atoms with Gasteiger partial charge in [0, 0.05) is 17.5 Å². The van der Waals surface area contributed by atoms with Gasteiger partial charge in [-0.3, -0.25) is 9.20 Å². The molecule has 2 unspecified atom stereocenters. The minimum absolute atomic E-state index is 0.217. The Bertz CT molecular complexity index is 1060. The zero-order chi connectivity index (χ0) is 20.0. The molecule has 2 atom stereocenters. The summed E-state index contributed by atoms with van der Waals surface area (Å²) in [6.45, 7) is 5.39. The highest BCUT2D eigenvalue weighted by molar-refractivity contribution is 7.99. The molecule has 6 nitrogen and oxygen atoms in total. The van der Waals surface area contributed by atoms with Gasteiger partial charge < -0.3 is 4.90 Å². The molecule has 3 aromatic rings. The number of fused-ring (bicyclic) bond motifs is 5. The molecule has 5 rings (SSSR count). The Morgan fingerprint density at radius 3 is 3.07 bits per heavy atom. The van der Waals surface area contributed by atoms with Gasteiger partial charge in [-0.25, -0.2) is 4.98 Å². The van der Waals surface area contributed by atoms with Crippen molar-refractivity contribution in [2.75, 3.05) is 12.3 Å². The maximum atomic E-state index is 12.8. The monoisotopic (exact) mass is 429 g/mol. The molecule has 0 radical (unpaired) electrons. The molecule has 1 fully saturated rings. The van der Waals surface area contributed by atoms with Gasteiger partial charge in [0.05, 0.1) is 11.1 Å². The van der Waals surface area contributed by atoms with Crippen LogP contribution in [-0.4, -0.2) is 48.7 Å². The molecule has 3 aromatic heterocycles. The maximum Gasteiger partial charge on any atom is 0.233 e. The van der Waals surface area contributed by atoms with Gasteiger partial charge in [0.15, 0.2) is 10.8 Å². The van der Waals surface area contributed by atoms with E-state index in [2.05, 4.69) is 28.9 Å². The first kappa shape index (κ1) is 19.3. The number of carbonyl (C=O) groups is 1. The second-order valence-electron chi connectivity index (χ2n) is 8.39. The van der Waals surface area contributed by atoms with Crippen LogP contribution in [0.5, 0.6) is 0 Å². The highest BCUT2D eigenvalue weighted by Gasteiger charge is 2.27. The van der Waals surface area contributed by atoms with Crippen molar-refractivity contribution in [2.45, 2.75) is 70.0 Å². The summed E-state index contributed by atoms with van der Waals surface area (Å²) < 4.78 is 1.97. The summed E-state index contributed by atoms with van der Waals surface area (Å²) in [7, 11) is 0. The van der Waals surface area contributed by atoms with Crippen LogP contribution in [0.1, 0.15) is 56.4 Å². The van der Waals surface area contributed by atoms with Crippen molar-refractivity contribution in [3.8, 4) is 0 Å². The summed E-state index contributed by atoms with van der Waals surface area (Å²) >= 11 is 3.29. The summed E-state index contributed by atoms with van der Waals surface area (Å²) in [5.41, 5.74) is 2.31. The average Bonchev–Trinajstić information content (AvgIpc) is 3.31. The minimum Gasteiger partial charge on any atom is -0.339 e. The lowest BCUT2D eigenvalue weighted by Gasteiger charge is -2.35. The number of thioether (sulfide) groups is 1. The van der Waals surface area contributed by atoms with Gasteiger partial charge >= 0.3 is 0 Å². The predicted octanol–water partition coefficient (Wildman–Crippen LogP) is 4.35. The number of likely N-dealkylation sites (tertiary alicyclic amines) is 1. The van der Waals surface area contributed by atoms with E-state index in [1.54, 1.807) is 0 Å². The van der Waals surface area contributed by atoms with Gasteiger partial charge in [-0.15, -0.1) is 21.5 Å². The number of aryl methyl sites for hydroxylation is 1. The Morgan fingerprint density at radius 1 is 1.31 bits per heavy atom. The Labute approximate surface area is 179 Å². The number of hydrogen-bond acceptors (Lipinski definition) is 6. The largest absolute Gasteiger partial charge is 0.339 e. The fraction of sp³-hybridized carbons (Fsp3) is 0.619. The molecule has 0 aromatic carbocycles. The topological polar surface area (TPSA) is 63.4 Å². The molecule has 29 heavy (non-hydrogen) atoms. The third kappa shape index (κ3) is 3.44. The summed E-state index contributed by atoms with van der Waals surface area (Å²) in [6, 6.07) is 0.396. The zero-order valence-corrected chi connectivity index (χ0v) is 18.7. The number of hydrogen-bond donors (Lipinski definition) is 0. The number of carbonyl (C=O) groups excluding carboxylic acids is 1. The van der Waals surface area contributed by atoms with E-state index in [0.29, 0.717) is 11.8 Å². The molecule has 0 spiro atoms. The lowest BCUT2D eigenvalue weighted by atomic mass is 9.89. The summed E-state index contributed by atoms with van der Waals surface area (Å²) in [5.74, 6) is 1.37. The van der Waals surface area contributed by atoms with E-state index in [1.807, 2.05) is 22.1 Å². The van der Waals surface area contributed by atoms with Gasteiger partial charge in [-0.1, -0.05) is 25.6 Å². The van der Waals surface area contributed by atoms with Gasteiger partial charge in [-0.05, 0) is 56.4 Å². The van der Waals surface area contributed by atoms with Crippen LogP contribution in [0.4, 0.5) is 0 Å². The van der Waals surface area contributed by atoms with E-state index in [-0.39, 0.29) is 5.91 Å². The van der Waals surface area contributed by atoms with Gasteiger partial charge in [0.1, 0.15) is 11.2 Å². The fourth-order valence-electron chi connectivity index (χ4n) is 4.78. The quantitative estimate of drug-likeness (QED) is 0.577. The number of piperidine rings is 1. The molecule has 8 heteroatoms. The average molecular weight is 430 g/mol. The van der Waals surface area contributed by atoms with Crippen LogP contribution < -0.4 is 0 Å². The van der Waals surface area contributed by atoms with E-state index < -0.39 is 0 Å². The van der Waals surface area contributed by atoms with Crippen LogP contribution in [0.2, 0.25) is 0 Å². The minimum atomic E-state index is 0.217. The van der Waals surface area contributed by atoms with Crippen LogP contribution in [-0.2, 0) is 17.6 Å². The zero-order valence-electron chi connectivity index (χ0n) is 17.1. The molecule has 1 aliphatic carbocycles. The highest BCUT2D eigenvalue weighted by Crippen LogP contribution is 2.39. The summed E-state index contributed by atoms with van der Waals surface area (Å²) in [4.78, 5) is 22.1. The smallest absolute Gasteiger partial charge is 0.233 e. The second-order valence-corrected chi connectivity index (χ2v) is 10.4.